The minimum atomic E-state index is 0.624. The molecule has 0 fully saturated rings. The van der Waals surface area contributed by atoms with Crippen molar-refractivity contribution >= 4 is 11.8 Å². The summed E-state index contributed by atoms with van der Waals surface area (Å²) in [6, 6.07) is 8.43. The van der Waals surface area contributed by atoms with Gasteiger partial charge >= 0.3 is 0 Å². The van der Waals surface area contributed by atoms with Crippen LogP contribution in [0.15, 0.2) is 41.8 Å². The summed E-state index contributed by atoms with van der Waals surface area (Å²) in [6.45, 7) is 6.29. The van der Waals surface area contributed by atoms with Crippen LogP contribution < -0.4 is 0 Å². The Labute approximate surface area is 83.8 Å². The van der Waals surface area contributed by atoms with Crippen LogP contribution in [0, 0.1) is 6.92 Å². The fourth-order valence-corrected chi connectivity index (χ4v) is 1.52. The average molecular weight is 194 g/mol. The van der Waals surface area contributed by atoms with Crippen molar-refractivity contribution in [2.75, 3.05) is 12.5 Å². The molecule has 0 radical (unpaired) electrons. The molecule has 0 aromatic heterocycles. The van der Waals surface area contributed by atoms with Crippen LogP contribution in [-0.4, -0.2) is 12.5 Å². The van der Waals surface area contributed by atoms with Crippen LogP contribution in [-0.2, 0) is 4.74 Å². The highest BCUT2D eigenvalue weighted by Crippen LogP contribution is 2.17. The summed E-state index contributed by atoms with van der Waals surface area (Å²) in [7, 11) is 0. The number of benzene rings is 1. The highest BCUT2D eigenvalue weighted by atomic mass is 32.2. The second kappa shape index (κ2) is 5.84. The summed E-state index contributed by atoms with van der Waals surface area (Å²) in [6.07, 6.45) is 1.76. The predicted octanol–water partition coefficient (Wildman–Crippen LogP) is 3.25. The first kappa shape index (κ1) is 10.4. The van der Waals surface area contributed by atoms with E-state index in [1.54, 1.807) is 17.8 Å². The summed E-state index contributed by atoms with van der Waals surface area (Å²) >= 11 is 1.70. The standard InChI is InChI=1S/C11H14OS/c1-3-8-12-9-13-11-6-4-10(2)5-7-11/h3-7H,1,8-9H2,2H3. The Morgan fingerprint density at radius 2 is 2.08 bits per heavy atom. The summed E-state index contributed by atoms with van der Waals surface area (Å²) < 4.78 is 5.26. The lowest BCUT2D eigenvalue weighted by Gasteiger charge is -2.01. The largest absolute Gasteiger partial charge is 0.366 e. The van der Waals surface area contributed by atoms with Gasteiger partial charge in [0.1, 0.15) is 0 Å². The fraction of sp³-hybridized carbons (Fsp3) is 0.273. The normalized spacial score (nSPS) is 9.92. The molecule has 0 aliphatic rings. The maximum atomic E-state index is 5.26. The van der Waals surface area contributed by atoms with E-state index in [1.165, 1.54) is 10.5 Å². The summed E-state index contributed by atoms with van der Waals surface area (Å²) in [5, 5.41) is 0. The van der Waals surface area contributed by atoms with Crippen LogP contribution in [0.5, 0.6) is 0 Å². The van der Waals surface area contributed by atoms with Gasteiger partial charge in [-0.25, -0.2) is 0 Å². The van der Waals surface area contributed by atoms with Crippen molar-refractivity contribution in [1.82, 2.24) is 0 Å². The zero-order valence-corrected chi connectivity index (χ0v) is 8.64. The minimum Gasteiger partial charge on any atom is -0.366 e. The van der Waals surface area contributed by atoms with Crippen LogP contribution in [0.1, 0.15) is 5.56 Å². The third-order valence-corrected chi connectivity index (χ3v) is 2.46. The van der Waals surface area contributed by atoms with Crippen molar-refractivity contribution < 1.29 is 4.74 Å². The summed E-state index contributed by atoms with van der Waals surface area (Å²) in [4.78, 5) is 1.25. The van der Waals surface area contributed by atoms with E-state index in [0.717, 1.165) is 0 Å². The molecule has 1 aromatic rings. The van der Waals surface area contributed by atoms with Crippen molar-refractivity contribution in [1.29, 1.82) is 0 Å². The number of rotatable bonds is 5. The van der Waals surface area contributed by atoms with E-state index in [2.05, 4.69) is 37.8 Å². The van der Waals surface area contributed by atoms with Crippen molar-refractivity contribution in [3.63, 3.8) is 0 Å². The van der Waals surface area contributed by atoms with E-state index in [4.69, 9.17) is 4.74 Å². The molecular weight excluding hydrogens is 180 g/mol. The lowest BCUT2D eigenvalue weighted by atomic mass is 10.2. The van der Waals surface area contributed by atoms with Gasteiger partial charge in [-0.05, 0) is 19.1 Å². The quantitative estimate of drug-likeness (QED) is 0.308. The Kier molecular flexibility index (Phi) is 4.65. The number of thioether (sulfide) groups is 1. The van der Waals surface area contributed by atoms with Gasteiger partial charge in [0.05, 0.1) is 12.5 Å². The molecule has 0 atom stereocenters. The molecule has 0 unspecified atom stereocenters. The second-order valence-corrected chi connectivity index (χ2v) is 3.73. The minimum absolute atomic E-state index is 0.624. The molecular formula is C11H14OS. The SMILES string of the molecule is C=CCOCSc1ccc(C)cc1. The number of ether oxygens (including phenoxy) is 1. The third kappa shape index (κ3) is 4.15. The topological polar surface area (TPSA) is 9.23 Å². The van der Waals surface area contributed by atoms with E-state index in [0.29, 0.717) is 12.5 Å². The maximum absolute atomic E-state index is 5.26. The van der Waals surface area contributed by atoms with Gasteiger partial charge in [-0.1, -0.05) is 35.5 Å². The van der Waals surface area contributed by atoms with Crippen LogP contribution in [0.3, 0.4) is 0 Å². The van der Waals surface area contributed by atoms with Crippen LogP contribution in [0.25, 0.3) is 0 Å². The van der Waals surface area contributed by atoms with Gasteiger partial charge in [-0.2, -0.15) is 0 Å². The number of aryl methyl sites for hydroxylation is 1. The van der Waals surface area contributed by atoms with Crippen molar-refractivity contribution in [3.05, 3.63) is 42.5 Å². The second-order valence-electron chi connectivity index (χ2n) is 2.73. The van der Waals surface area contributed by atoms with Crippen molar-refractivity contribution in [2.45, 2.75) is 11.8 Å². The molecule has 0 spiro atoms. The van der Waals surface area contributed by atoms with Gasteiger partial charge in [0.25, 0.3) is 0 Å². The molecule has 13 heavy (non-hydrogen) atoms. The summed E-state index contributed by atoms with van der Waals surface area (Å²) in [5.74, 6) is 0.690. The first-order valence-electron chi connectivity index (χ1n) is 4.21. The molecule has 1 rings (SSSR count). The highest BCUT2D eigenvalue weighted by Gasteiger charge is 1.92. The zero-order chi connectivity index (χ0) is 9.52. The molecule has 1 aromatic carbocycles. The summed E-state index contributed by atoms with van der Waals surface area (Å²) in [5.41, 5.74) is 1.29. The van der Waals surface area contributed by atoms with Crippen molar-refractivity contribution in [2.24, 2.45) is 0 Å². The Morgan fingerprint density at radius 1 is 1.38 bits per heavy atom. The first-order valence-corrected chi connectivity index (χ1v) is 5.19. The van der Waals surface area contributed by atoms with Crippen LogP contribution >= 0.6 is 11.8 Å². The van der Waals surface area contributed by atoms with Gasteiger partial charge in [0.2, 0.25) is 0 Å². The lowest BCUT2D eigenvalue weighted by molar-refractivity contribution is 0.217. The zero-order valence-electron chi connectivity index (χ0n) is 7.82. The van der Waals surface area contributed by atoms with E-state index >= 15 is 0 Å². The monoisotopic (exact) mass is 194 g/mol. The molecule has 1 nitrogen and oxygen atoms in total. The molecule has 0 saturated carbocycles. The van der Waals surface area contributed by atoms with Gasteiger partial charge in [0.15, 0.2) is 0 Å². The molecule has 0 bridgehead atoms. The smallest absolute Gasteiger partial charge is 0.0971 e. The van der Waals surface area contributed by atoms with E-state index in [-0.39, 0.29) is 0 Å². The first-order chi connectivity index (χ1) is 6.33. The molecule has 2 heteroatoms. The molecule has 70 valence electrons. The maximum Gasteiger partial charge on any atom is 0.0971 e. The van der Waals surface area contributed by atoms with Gasteiger partial charge in [-0.3, -0.25) is 0 Å². The average Bonchev–Trinajstić information content (AvgIpc) is 2.15. The number of hydrogen-bond donors (Lipinski definition) is 0. The molecule has 0 aliphatic heterocycles. The molecule has 0 aliphatic carbocycles. The van der Waals surface area contributed by atoms with E-state index in [9.17, 15) is 0 Å². The predicted molar refractivity (Wildman–Crippen MR) is 58.1 cm³/mol. The van der Waals surface area contributed by atoms with Gasteiger partial charge in [-0.15, -0.1) is 6.58 Å². The molecule has 0 N–H and O–H groups in total. The molecule has 0 saturated heterocycles. The van der Waals surface area contributed by atoms with Gasteiger partial charge < -0.3 is 4.74 Å². The van der Waals surface area contributed by atoms with Crippen LogP contribution in [0.4, 0.5) is 0 Å². The van der Waals surface area contributed by atoms with Gasteiger partial charge in [0, 0.05) is 4.90 Å². The number of hydrogen-bond acceptors (Lipinski definition) is 2. The van der Waals surface area contributed by atoms with E-state index in [1.807, 2.05) is 0 Å². The van der Waals surface area contributed by atoms with Crippen LogP contribution in [0.2, 0.25) is 0 Å². The Hall–Kier alpha value is -0.730. The van der Waals surface area contributed by atoms with E-state index < -0.39 is 0 Å². The Bertz CT molecular complexity index is 253. The molecule has 0 heterocycles. The Balaban J connectivity index is 2.28. The molecule has 0 amide bonds. The van der Waals surface area contributed by atoms with Crippen molar-refractivity contribution in [3.8, 4) is 0 Å². The Morgan fingerprint density at radius 3 is 2.69 bits per heavy atom. The third-order valence-electron chi connectivity index (χ3n) is 1.57. The highest BCUT2D eigenvalue weighted by molar-refractivity contribution is 7.99. The lowest BCUT2D eigenvalue weighted by Crippen LogP contribution is -1.88. The fourth-order valence-electron chi connectivity index (χ4n) is 0.876.